The molecular weight excluding hydrogens is 383 g/mol. The van der Waals surface area contributed by atoms with Gasteiger partial charge in [0.15, 0.2) is 0 Å². The molecule has 5 nitrogen and oxygen atoms in total. The lowest BCUT2D eigenvalue weighted by atomic mass is 9.99. The third kappa shape index (κ3) is 4.73. The summed E-state index contributed by atoms with van der Waals surface area (Å²) < 4.78 is 20.9. The molecule has 2 aromatic rings. The normalized spacial score (nSPS) is 16.8. The number of aryl methyl sites for hydroxylation is 1. The molecule has 1 aliphatic heterocycles. The van der Waals surface area contributed by atoms with Crippen LogP contribution >= 0.6 is 11.6 Å². The number of esters is 1. The summed E-state index contributed by atoms with van der Waals surface area (Å²) in [6.07, 6.45) is 5.10. The Balaban J connectivity index is 1.54. The SMILES string of the molecule is Cn1cccc1C(=O)N1CCCC[C@H]1CCOC(=O)Cc1c(F)cccc1Cl. The van der Waals surface area contributed by atoms with E-state index in [2.05, 4.69) is 0 Å². The summed E-state index contributed by atoms with van der Waals surface area (Å²) in [6.45, 7) is 0.889. The largest absolute Gasteiger partial charge is 0.465 e. The zero-order chi connectivity index (χ0) is 20.1. The van der Waals surface area contributed by atoms with Gasteiger partial charge in [0.25, 0.3) is 5.91 Å². The average Bonchev–Trinajstić information content (AvgIpc) is 3.11. The number of hydrogen-bond acceptors (Lipinski definition) is 3. The minimum Gasteiger partial charge on any atom is -0.465 e. The van der Waals surface area contributed by atoms with Crippen LogP contribution in [0.25, 0.3) is 0 Å². The molecule has 1 aliphatic rings. The van der Waals surface area contributed by atoms with Gasteiger partial charge in [-0.25, -0.2) is 4.39 Å². The van der Waals surface area contributed by atoms with Crippen LogP contribution < -0.4 is 0 Å². The van der Waals surface area contributed by atoms with Crippen LogP contribution in [0.4, 0.5) is 4.39 Å². The van der Waals surface area contributed by atoms with Crippen molar-refractivity contribution in [2.24, 2.45) is 7.05 Å². The van der Waals surface area contributed by atoms with Crippen LogP contribution in [0.2, 0.25) is 5.02 Å². The molecule has 2 heterocycles. The number of aromatic nitrogens is 1. The van der Waals surface area contributed by atoms with Crippen molar-refractivity contribution in [1.82, 2.24) is 9.47 Å². The molecule has 0 bridgehead atoms. The topological polar surface area (TPSA) is 51.5 Å². The van der Waals surface area contributed by atoms with Crippen LogP contribution in [0.5, 0.6) is 0 Å². The molecule has 0 unspecified atom stereocenters. The van der Waals surface area contributed by atoms with E-state index in [1.807, 2.05) is 34.8 Å². The minimum absolute atomic E-state index is 0.00154. The zero-order valence-corrected chi connectivity index (χ0v) is 16.6. The van der Waals surface area contributed by atoms with E-state index in [0.717, 1.165) is 19.3 Å². The third-order valence-corrected chi connectivity index (χ3v) is 5.50. The van der Waals surface area contributed by atoms with Crippen LogP contribution in [0.3, 0.4) is 0 Å². The van der Waals surface area contributed by atoms with Crippen molar-refractivity contribution in [3.8, 4) is 0 Å². The summed E-state index contributed by atoms with van der Waals surface area (Å²) in [5, 5.41) is 0.212. The first-order chi connectivity index (χ1) is 13.5. The van der Waals surface area contributed by atoms with Crippen molar-refractivity contribution in [2.45, 2.75) is 38.1 Å². The first-order valence-corrected chi connectivity index (χ1v) is 9.86. The van der Waals surface area contributed by atoms with Gasteiger partial charge in [0.05, 0.1) is 13.0 Å². The maximum atomic E-state index is 13.8. The summed E-state index contributed by atoms with van der Waals surface area (Å²) in [4.78, 5) is 26.8. The molecular formula is C21H24ClFN2O3. The maximum Gasteiger partial charge on any atom is 0.310 e. The Bertz CT molecular complexity index is 832. The van der Waals surface area contributed by atoms with Crippen molar-refractivity contribution in [3.05, 3.63) is 58.6 Å². The van der Waals surface area contributed by atoms with Gasteiger partial charge >= 0.3 is 5.97 Å². The highest BCUT2D eigenvalue weighted by Gasteiger charge is 2.28. The van der Waals surface area contributed by atoms with Crippen LogP contribution in [0.1, 0.15) is 41.7 Å². The number of carbonyl (C=O) groups excluding carboxylic acids is 2. The Morgan fingerprint density at radius 2 is 2.07 bits per heavy atom. The van der Waals surface area contributed by atoms with Gasteiger partial charge in [0.1, 0.15) is 11.5 Å². The van der Waals surface area contributed by atoms with Gasteiger partial charge < -0.3 is 14.2 Å². The Labute approximate surface area is 169 Å². The Hall–Kier alpha value is -2.34. The summed E-state index contributed by atoms with van der Waals surface area (Å²) in [5.41, 5.74) is 0.797. The van der Waals surface area contributed by atoms with Gasteiger partial charge in [-0.05, 0) is 43.5 Å². The molecule has 0 radical (unpaired) electrons. The summed E-state index contributed by atoms with van der Waals surface area (Å²) in [7, 11) is 1.85. The van der Waals surface area contributed by atoms with Crippen LogP contribution in [0, 0.1) is 5.82 Å². The van der Waals surface area contributed by atoms with Gasteiger partial charge in [-0.1, -0.05) is 17.7 Å². The van der Waals surface area contributed by atoms with Gasteiger partial charge in [0.2, 0.25) is 0 Å². The highest BCUT2D eigenvalue weighted by molar-refractivity contribution is 6.31. The molecule has 1 fully saturated rings. The van der Waals surface area contributed by atoms with Gasteiger partial charge in [-0.2, -0.15) is 0 Å². The van der Waals surface area contributed by atoms with Gasteiger partial charge in [0, 0.05) is 42.8 Å². The maximum absolute atomic E-state index is 13.8. The van der Waals surface area contributed by atoms with E-state index in [4.69, 9.17) is 16.3 Å². The number of likely N-dealkylation sites (tertiary alicyclic amines) is 1. The number of carbonyl (C=O) groups is 2. The van der Waals surface area contributed by atoms with Crippen LogP contribution in [-0.2, 0) is 23.0 Å². The minimum atomic E-state index is -0.525. The van der Waals surface area contributed by atoms with E-state index in [1.165, 1.54) is 12.1 Å². The summed E-state index contributed by atoms with van der Waals surface area (Å²) in [6, 6.07) is 7.99. The van der Waals surface area contributed by atoms with Crippen molar-refractivity contribution >= 4 is 23.5 Å². The summed E-state index contributed by atoms with van der Waals surface area (Å²) in [5.74, 6) is -1.04. The summed E-state index contributed by atoms with van der Waals surface area (Å²) >= 11 is 5.95. The highest BCUT2D eigenvalue weighted by atomic mass is 35.5. The molecule has 0 aliphatic carbocycles. The average molecular weight is 407 g/mol. The fraction of sp³-hybridized carbons (Fsp3) is 0.429. The predicted octanol–water partition coefficient (Wildman–Crippen LogP) is 3.99. The second-order valence-corrected chi connectivity index (χ2v) is 7.45. The Morgan fingerprint density at radius 1 is 1.25 bits per heavy atom. The Morgan fingerprint density at radius 3 is 2.79 bits per heavy atom. The number of ether oxygens (including phenoxy) is 1. The van der Waals surface area contributed by atoms with E-state index >= 15 is 0 Å². The fourth-order valence-electron chi connectivity index (χ4n) is 3.60. The lowest BCUT2D eigenvalue weighted by molar-refractivity contribution is -0.143. The quantitative estimate of drug-likeness (QED) is 0.681. The van der Waals surface area contributed by atoms with Crippen molar-refractivity contribution in [3.63, 3.8) is 0 Å². The zero-order valence-electron chi connectivity index (χ0n) is 15.9. The van der Waals surface area contributed by atoms with Gasteiger partial charge in [-0.15, -0.1) is 0 Å². The lowest BCUT2D eigenvalue weighted by Crippen LogP contribution is -2.44. The lowest BCUT2D eigenvalue weighted by Gasteiger charge is -2.35. The smallest absolute Gasteiger partial charge is 0.310 e. The number of halogens is 2. The number of nitrogens with zero attached hydrogens (tertiary/aromatic N) is 2. The first kappa shape index (κ1) is 20.4. The van der Waals surface area contributed by atoms with Gasteiger partial charge in [-0.3, -0.25) is 9.59 Å². The van der Waals surface area contributed by atoms with Crippen molar-refractivity contribution in [2.75, 3.05) is 13.2 Å². The molecule has 3 rings (SSSR count). The van der Waals surface area contributed by atoms with E-state index in [1.54, 1.807) is 6.07 Å². The number of piperidine rings is 1. The first-order valence-electron chi connectivity index (χ1n) is 9.48. The molecule has 7 heteroatoms. The molecule has 1 amide bonds. The second-order valence-electron chi connectivity index (χ2n) is 7.04. The fourth-order valence-corrected chi connectivity index (χ4v) is 3.83. The molecule has 150 valence electrons. The highest BCUT2D eigenvalue weighted by Crippen LogP contribution is 2.23. The molecule has 1 aromatic heterocycles. The van der Waals surface area contributed by atoms with Crippen LogP contribution in [0.15, 0.2) is 36.5 Å². The monoisotopic (exact) mass is 406 g/mol. The molecule has 28 heavy (non-hydrogen) atoms. The number of hydrogen-bond donors (Lipinski definition) is 0. The molecule has 0 spiro atoms. The molecule has 0 saturated carbocycles. The molecule has 1 saturated heterocycles. The predicted molar refractivity (Wildman–Crippen MR) is 105 cm³/mol. The van der Waals surface area contributed by atoms with E-state index in [0.29, 0.717) is 18.7 Å². The van der Waals surface area contributed by atoms with E-state index in [9.17, 15) is 14.0 Å². The molecule has 0 N–H and O–H groups in total. The molecule has 1 atom stereocenters. The number of amides is 1. The third-order valence-electron chi connectivity index (χ3n) is 5.15. The van der Waals surface area contributed by atoms with E-state index in [-0.39, 0.29) is 35.6 Å². The number of benzene rings is 1. The standard InChI is InChI=1S/C21H24ClFN2O3/c1-24-11-5-9-19(24)21(27)25-12-3-2-6-15(25)10-13-28-20(26)14-16-17(22)7-4-8-18(16)23/h4-5,7-9,11,15H,2-3,6,10,12-14H2,1H3/t15-/m0/s1. The number of rotatable bonds is 6. The molecule has 1 aromatic carbocycles. The second kappa shape index (κ2) is 9.24. The van der Waals surface area contributed by atoms with Crippen molar-refractivity contribution in [1.29, 1.82) is 0 Å². The Kier molecular flexibility index (Phi) is 6.73. The van der Waals surface area contributed by atoms with E-state index < -0.39 is 11.8 Å². The van der Waals surface area contributed by atoms with Crippen molar-refractivity contribution < 1.29 is 18.7 Å². The van der Waals surface area contributed by atoms with Crippen LogP contribution in [-0.4, -0.2) is 40.5 Å².